The van der Waals surface area contributed by atoms with Crippen LogP contribution in [0.15, 0.2) is 29.2 Å². The molecule has 1 fully saturated rings. The first-order chi connectivity index (χ1) is 12.5. The number of carbonyl (C=O) groups is 2. The number of sulfonamides is 1. The zero-order valence-corrected chi connectivity index (χ0v) is 16.8. The number of carboxylic acids is 1. The summed E-state index contributed by atoms with van der Waals surface area (Å²) < 4.78 is 32.6. The summed E-state index contributed by atoms with van der Waals surface area (Å²) in [5.41, 5.74) is 0.243. The van der Waals surface area contributed by atoms with Crippen LogP contribution >= 0.6 is 0 Å². The normalized spacial score (nSPS) is 21.2. The second-order valence-electron chi connectivity index (χ2n) is 7.02. The van der Waals surface area contributed by atoms with E-state index >= 15 is 0 Å². The lowest BCUT2D eigenvalue weighted by molar-refractivity contribution is -0.138. The molecule has 0 radical (unpaired) electrons. The summed E-state index contributed by atoms with van der Waals surface area (Å²) in [5, 5.41) is 8.98. The summed E-state index contributed by atoms with van der Waals surface area (Å²) in [6, 6.07) is 5.30. The summed E-state index contributed by atoms with van der Waals surface area (Å²) in [4.78, 5) is 24.8. The van der Waals surface area contributed by atoms with Gasteiger partial charge >= 0.3 is 5.97 Å². The number of hydrogen-bond acceptors (Lipinski definition) is 5. The number of aliphatic carboxylic acids is 1. The Labute approximate surface area is 159 Å². The molecule has 1 aliphatic heterocycles. The highest BCUT2D eigenvalue weighted by Gasteiger charge is 2.32. The third-order valence-corrected chi connectivity index (χ3v) is 6.16. The van der Waals surface area contributed by atoms with Gasteiger partial charge in [-0.25, -0.2) is 8.42 Å². The van der Waals surface area contributed by atoms with Crippen molar-refractivity contribution in [3.8, 4) is 0 Å². The highest BCUT2D eigenvalue weighted by atomic mass is 32.2. The quantitative estimate of drug-likeness (QED) is 0.777. The SMILES string of the molecule is CC1CN(S(=O)(=O)c2ccc(C(=O)N(CC(=O)O)C(C)C)cc2)CC(C)O1. The van der Waals surface area contributed by atoms with E-state index in [1.54, 1.807) is 13.8 Å². The number of nitrogens with zero attached hydrogens (tertiary/aromatic N) is 2. The molecule has 1 aliphatic rings. The lowest BCUT2D eigenvalue weighted by Gasteiger charge is -2.34. The van der Waals surface area contributed by atoms with Gasteiger partial charge in [0.15, 0.2) is 0 Å². The highest BCUT2D eigenvalue weighted by molar-refractivity contribution is 7.89. The predicted molar refractivity (Wildman–Crippen MR) is 99.0 cm³/mol. The first kappa shape index (κ1) is 21.3. The van der Waals surface area contributed by atoms with Gasteiger partial charge in [-0.1, -0.05) is 0 Å². The molecule has 1 aromatic carbocycles. The molecule has 1 heterocycles. The van der Waals surface area contributed by atoms with E-state index in [0.29, 0.717) is 0 Å². The van der Waals surface area contributed by atoms with Crippen molar-refractivity contribution in [3.05, 3.63) is 29.8 Å². The maximum atomic E-state index is 12.8. The van der Waals surface area contributed by atoms with Crippen LogP contribution in [0.2, 0.25) is 0 Å². The molecule has 1 amide bonds. The Morgan fingerprint density at radius 2 is 1.70 bits per heavy atom. The van der Waals surface area contributed by atoms with E-state index in [1.807, 2.05) is 13.8 Å². The van der Waals surface area contributed by atoms with Gasteiger partial charge in [0.25, 0.3) is 5.91 Å². The summed E-state index contributed by atoms with van der Waals surface area (Å²) >= 11 is 0. The minimum Gasteiger partial charge on any atom is -0.480 e. The Balaban J connectivity index is 2.23. The van der Waals surface area contributed by atoms with Crippen molar-refractivity contribution in [1.82, 2.24) is 9.21 Å². The van der Waals surface area contributed by atoms with Crippen LogP contribution < -0.4 is 0 Å². The monoisotopic (exact) mass is 398 g/mol. The van der Waals surface area contributed by atoms with Crippen LogP contribution in [-0.4, -0.2) is 72.5 Å². The van der Waals surface area contributed by atoms with E-state index in [0.717, 1.165) is 0 Å². The van der Waals surface area contributed by atoms with E-state index < -0.39 is 28.4 Å². The number of carbonyl (C=O) groups excluding carboxylic acids is 1. The van der Waals surface area contributed by atoms with Gasteiger partial charge < -0.3 is 14.7 Å². The molecule has 0 aliphatic carbocycles. The van der Waals surface area contributed by atoms with Crippen LogP contribution in [0.1, 0.15) is 38.1 Å². The van der Waals surface area contributed by atoms with Crippen molar-refractivity contribution >= 4 is 21.9 Å². The van der Waals surface area contributed by atoms with Crippen molar-refractivity contribution in [1.29, 1.82) is 0 Å². The summed E-state index contributed by atoms with van der Waals surface area (Å²) in [6.45, 7) is 7.22. The molecule has 2 atom stereocenters. The van der Waals surface area contributed by atoms with E-state index in [4.69, 9.17) is 9.84 Å². The maximum Gasteiger partial charge on any atom is 0.323 e. The Hall–Kier alpha value is -1.97. The molecule has 27 heavy (non-hydrogen) atoms. The number of hydrogen-bond donors (Lipinski definition) is 1. The molecule has 0 saturated carbocycles. The Morgan fingerprint density at radius 3 is 2.15 bits per heavy atom. The van der Waals surface area contributed by atoms with Gasteiger partial charge in [0.2, 0.25) is 10.0 Å². The van der Waals surface area contributed by atoms with Crippen LogP contribution in [0, 0.1) is 0 Å². The fourth-order valence-corrected chi connectivity index (χ4v) is 4.64. The topological polar surface area (TPSA) is 104 Å². The number of benzene rings is 1. The number of amides is 1. The lowest BCUT2D eigenvalue weighted by Crippen LogP contribution is -2.48. The molecule has 150 valence electrons. The van der Waals surface area contributed by atoms with Crippen molar-refractivity contribution in [3.63, 3.8) is 0 Å². The van der Waals surface area contributed by atoms with Gasteiger partial charge in [-0.15, -0.1) is 0 Å². The first-order valence-electron chi connectivity index (χ1n) is 8.80. The van der Waals surface area contributed by atoms with Crippen LogP contribution in [0.4, 0.5) is 0 Å². The van der Waals surface area contributed by atoms with E-state index in [1.165, 1.54) is 33.5 Å². The molecule has 0 aromatic heterocycles. The van der Waals surface area contributed by atoms with E-state index in [2.05, 4.69) is 0 Å². The molecule has 9 heteroatoms. The number of morpholine rings is 1. The van der Waals surface area contributed by atoms with Crippen LogP contribution in [0.25, 0.3) is 0 Å². The Kier molecular flexibility index (Phi) is 6.61. The van der Waals surface area contributed by atoms with Gasteiger partial charge in [0.05, 0.1) is 17.1 Å². The minimum absolute atomic E-state index is 0.0923. The molecule has 1 saturated heterocycles. The minimum atomic E-state index is -3.69. The molecular weight excluding hydrogens is 372 g/mol. The van der Waals surface area contributed by atoms with Gasteiger partial charge in [0, 0.05) is 24.7 Å². The molecule has 8 nitrogen and oxygen atoms in total. The molecular formula is C18H26N2O6S. The molecule has 1 aromatic rings. The fraction of sp³-hybridized carbons (Fsp3) is 0.556. The van der Waals surface area contributed by atoms with E-state index in [-0.39, 0.29) is 41.8 Å². The zero-order chi connectivity index (χ0) is 20.4. The third kappa shape index (κ3) is 5.06. The van der Waals surface area contributed by atoms with Crippen LogP contribution in [0.5, 0.6) is 0 Å². The van der Waals surface area contributed by atoms with Gasteiger partial charge in [-0.05, 0) is 52.0 Å². The largest absolute Gasteiger partial charge is 0.480 e. The van der Waals surface area contributed by atoms with Gasteiger partial charge in [0.1, 0.15) is 6.54 Å². The van der Waals surface area contributed by atoms with Gasteiger partial charge in [-0.2, -0.15) is 4.31 Å². The first-order valence-corrected chi connectivity index (χ1v) is 10.2. The third-order valence-electron chi connectivity index (χ3n) is 4.31. The number of ether oxygens (including phenoxy) is 1. The molecule has 2 rings (SSSR count). The summed E-state index contributed by atoms with van der Waals surface area (Å²) in [5.74, 6) is -1.56. The van der Waals surface area contributed by atoms with Crippen LogP contribution in [0.3, 0.4) is 0 Å². The van der Waals surface area contributed by atoms with Crippen molar-refractivity contribution < 1.29 is 27.9 Å². The molecule has 1 N–H and O–H groups in total. The van der Waals surface area contributed by atoms with Crippen molar-refractivity contribution in [2.24, 2.45) is 0 Å². The maximum absolute atomic E-state index is 12.8. The molecule has 2 unspecified atom stereocenters. The molecule has 0 spiro atoms. The smallest absolute Gasteiger partial charge is 0.323 e. The lowest BCUT2D eigenvalue weighted by atomic mass is 10.1. The molecule has 0 bridgehead atoms. The zero-order valence-electron chi connectivity index (χ0n) is 16.0. The van der Waals surface area contributed by atoms with E-state index in [9.17, 15) is 18.0 Å². The fourth-order valence-electron chi connectivity index (χ4n) is 3.05. The average Bonchev–Trinajstić information content (AvgIpc) is 2.58. The Bertz CT molecular complexity index is 781. The average molecular weight is 398 g/mol. The second-order valence-corrected chi connectivity index (χ2v) is 8.96. The van der Waals surface area contributed by atoms with Gasteiger partial charge in [-0.3, -0.25) is 9.59 Å². The number of rotatable bonds is 6. The summed E-state index contributed by atoms with van der Waals surface area (Å²) in [7, 11) is -3.69. The van der Waals surface area contributed by atoms with Crippen LogP contribution in [-0.2, 0) is 19.6 Å². The number of carboxylic acid groups (broad SMARTS) is 1. The second kappa shape index (κ2) is 8.37. The highest BCUT2D eigenvalue weighted by Crippen LogP contribution is 2.22. The Morgan fingerprint density at radius 1 is 1.19 bits per heavy atom. The predicted octanol–water partition coefficient (Wildman–Crippen LogP) is 1.42. The summed E-state index contributed by atoms with van der Waals surface area (Å²) in [6.07, 6.45) is -0.389. The van der Waals surface area contributed by atoms with Crippen molar-refractivity contribution in [2.45, 2.75) is 50.8 Å². The van der Waals surface area contributed by atoms with Crippen molar-refractivity contribution in [2.75, 3.05) is 19.6 Å². The standard InChI is InChI=1S/C18H26N2O6S/c1-12(2)20(11-17(21)22)18(23)15-5-7-16(8-6-15)27(24,25)19-9-13(3)26-14(4)10-19/h5-8,12-14H,9-11H2,1-4H3,(H,21,22).